The zero-order chi connectivity index (χ0) is 16.2. The summed E-state index contributed by atoms with van der Waals surface area (Å²) in [6.45, 7) is 5.20. The number of benzene rings is 1. The summed E-state index contributed by atoms with van der Waals surface area (Å²) in [6.07, 6.45) is 4.60. The highest BCUT2D eigenvalue weighted by Crippen LogP contribution is 2.25. The number of amides is 1. The Morgan fingerprint density at radius 3 is 3.00 bits per heavy atom. The van der Waals surface area contributed by atoms with Gasteiger partial charge in [-0.3, -0.25) is 4.79 Å². The number of hydrogen-bond donors (Lipinski definition) is 0. The second-order valence-corrected chi connectivity index (χ2v) is 7.22. The van der Waals surface area contributed by atoms with Gasteiger partial charge in [-0.05, 0) is 50.3 Å². The Kier molecular flexibility index (Phi) is 5.21. The van der Waals surface area contributed by atoms with E-state index >= 15 is 0 Å². The molecule has 2 aromatic rings. The number of para-hydroxylation sites is 1. The third kappa shape index (κ3) is 3.69. The number of hydrogen-bond acceptors (Lipinski definition) is 3. The molecule has 0 saturated carbocycles. The second-order valence-electron chi connectivity index (χ2n) is 6.23. The maximum atomic E-state index is 12.6. The van der Waals surface area contributed by atoms with Crippen molar-refractivity contribution >= 4 is 28.6 Å². The number of thioether (sulfide) groups is 1. The molecule has 3 rings (SSSR count). The van der Waals surface area contributed by atoms with Crippen molar-refractivity contribution in [3.8, 4) is 0 Å². The predicted octanol–water partition coefficient (Wildman–Crippen LogP) is 4.43. The number of pyridine rings is 1. The molecule has 0 aliphatic carbocycles. The van der Waals surface area contributed by atoms with E-state index in [0.29, 0.717) is 11.8 Å². The van der Waals surface area contributed by atoms with E-state index < -0.39 is 0 Å². The molecule has 1 atom stereocenters. The Bertz CT molecular complexity index is 701. The first-order valence-electron chi connectivity index (χ1n) is 8.47. The standard InChI is InChI=1S/C19H24N2OS/c1-3-15-8-6-7-11-21(15)19(22)13-23-18-12-14(2)16-9-4-5-10-17(16)20-18/h4-5,9-10,12,15H,3,6-8,11,13H2,1-2H3. The minimum absolute atomic E-state index is 0.258. The minimum Gasteiger partial charge on any atom is -0.339 e. The van der Waals surface area contributed by atoms with Gasteiger partial charge >= 0.3 is 0 Å². The zero-order valence-corrected chi connectivity index (χ0v) is 14.7. The third-order valence-corrected chi connectivity index (χ3v) is 5.56. The fourth-order valence-corrected chi connectivity index (χ4v) is 4.22. The first-order chi connectivity index (χ1) is 11.2. The van der Waals surface area contributed by atoms with Gasteiger partial charge in [-0.2, -0.15) is 0 Å². The van der Waals surface area contributed by atoms with Crippen LogP contribution < -0.4 is 0 Å². The molecule has 2 heterocycles. The topological polar surface area (TPSA) is 33.2 Å². The van der Waals surface area contributed by atoms with Crippen molar-refractivity contribution in [1.29, 1.82) is 0 Å². The number of fused-ring (bicyclic) bond motifs is 1. The van der Waals surface area contributed by atoms with Gasteiger partial charge in [0.2, 0.25) is 5.91 Å². The molecule has 3 nitrogen and oxygen atoms in total. The molecule has 0 N–H and O–H groups in total. The van der Waals surface area contributed by atoms with Crippen molar-refractivity contribution in [1.82, 2.24) is 9.88 Å². The van der Waals surface area contributed by atoms with Gasteiger partial charge in [-0.15, -0.1) is 0 Å². The summed E-state index contributed by atoms with van der Waals surface area (Å²) in [5, 5.41) is 2.13. The highest BCUT2D eigenvalue weighted by Gasteiger charge is 2.25. The number of likely N-dealkylation sites (tertiary alicyclic amines) is 1. The van der Waals surface area contributed by atoms with Gasteiger partial charge in [-0.1, -0.05) is 36.9 Å². The van der Waals surface area contributed by atoms with Crippen LogP contribution in [0.25, 0.3) is 10.9 Å². The average Bonchev–Trinajstić information content (AvgIpc) is 2.59. The number of carbonyl (C=O) groups excluding carboxylic acids is 1. The Hall–Kier alpha value is -1.55. The fourth-order valence-electron chi connectivity index (χ4n) is 3.36. The summed E-state index contributed by atoms with van der Waals surface area (Å²) in [5.74, 6) is 0.746. The molecule has 122 valence electrons. The summed E-state index contributed by atoms with van der Waals surface area (Å²) >= 11 is 1.56. The molecular formula is C19H24N2OS. The van der Waals surface area contributed by atoms with E-state index in [2.05, 4.69) is 35.9 Å². The molecule has 1 fully saturated rings. The van der Waals surface area contributed by atoms with Crippen molar-refractivity contribution in [2.75, 3.05) is 12.3 Å². The summed E-state index contributed by atoms with van der Waals surface area (Å²) in [4.78, 5) is 19.3. The number of aromatic nitrogens is 1. The average molecular weight is 328 g/mol. The van der Waals surface area contributed by atoms with Gasteiger partial charge in [0.1, 0.15) is 0 Å². The van der Waals surface area contributed by atoms with E-state index in [4.69, 9.17) is 0 Å². The highest BCUT2D eigenvalue weighted by molar-refractivity contribution is 7.99. The Balaban J connectivity index is 1.69. The number of aryl methyl sites for hydroxylation is 1. The first-order valence-corrected chi connectivity index (χ1v) is 9.46. The van der Waals surface area contributed by atoms with E-state index in [1.165, 1.54) is 17.4 Å². The molecule has 0 radical (unpaired) electrons. The minimum atomic E-state index is 0.258. The van der Waals surface area contributed by atoms with E-state index in [-0.39, 0.29) is 5.91 Å². The Morgan fingerprint density at radius 1 is 1.35 bits per heavy atom. The van der Waals surface area contributed by atoms with E-state index in [1.54, 1.807) is 11.8 Å². The summed E-state index contributed by atoms with van der Waals surface area (Å²) in [6, 6.07) is 10.7. The Labute approximate surface area is 142 Å². The van der Waals surface area contributed by atoms with Crippen molar-refractivity contribution in [2.45, 2.75) is 50.6 Å². The molecule has 1 aromatic carbocycles. The largest absolute Gasteiger partial charge is 0.339 e. The van der Waals surface area contributed by atoms with Crippen molar-refractivity contribution in [3.63, 3.8) is 0 Å². The lowest BCUT2D eigenvalue weighted by Crippen LogP contribution is -2.44. The highest BCUT2D eigenvalue weighted by atomic mass is 32.2. The molecular weight excluding hydrogens is 304 g/mol. The van der Waals surface area contributed by atoms with Crippen molar-refractivity contribution in [3.05, 3.63) is 35.9 Å². The van der Waals surface area contributed by atoms with Gasteiger partial charge < -0.3 is 4.90 Å². The maximum absolute atomic E-state index is 12.6. The monoisotopic (exact) mass is 328 g/mol. The van der Waals surface area contributed by atoms with Crippen LogP contribution >= 0.6 is 11.8 Å². The van der Waals surface area contributed by atoms with E-state index in [9.17, 15) is 4.79 Å². The smallest absolute Gasteiger partial charge is 0.233 e. The van der Waals surface area contributed by atoms with Crippen LogP contribution in [-0.2, 0) is 4.79 Å². The van der Waals surface area contributed by atoms with Crippen LogP contribution in [0.4, 0.5) is 0 Å². The number of rotatable bonds is 4. The fraction of sp³-hybridized carbons (Fsp3) is 0.474. The Morgan fingerprint density at radius 2 is 2.17 bits per heavy atom. The normalized spacial score (nSPS) is 18.3. The molecule has 4 heteroatoms. The number of piperidine rings is 1. The summed E-state index contributed by atoms with van der Waals surface area (Å²) < 4.78 is 0. The molecule has 0 bridgehead atoms. The third-order valence-electron chi connectivity index (χ3n) is 4.66. The van der Waals surface area contributed by atoms with Crippen LogP contribution in [0, 0.1) is 6.92 Å². The molecule has 1 amide bonds. The zero-order valence-electron chi connectivity index (χ0n) is 13.9. The quantitative estimate of drug-likeness (QED) is 0.779. The number of nitrogens with zero attached hydrogens (tertiary/aromatic N) is 2. The molecule has 1 aromatic heterocycles. The number of carbonyl (C=O) groups is 1. The lowest BCUT2D eigenvalue weighted by molar-refractivity contribution is -0.132. The summed E-state index contributed by atoms with van der Waals surface area (Å²) in [5.41, 5.74) is 2.22. The lowest BCUT2D eigenvalue weighted by atomic mass is 10.0. The van der Waals surface area contributed by atoms with Gasteiger partial charge in [0.05, 0.1) is 16.3 Å². The van der Waals surface area contributed by atoms with Gasteiger partial charge in [-0.25, -0.2) is 4.98 Å². The van der Waals surface area contributed by atoms with Gasteiger partial charge in [0, 0.05) is 18.0 Å². The van der Waals surface area contributed by atoms with Gasteiger partial charge in [0.25, 0.3) is 0 Å². The molecule has 1 aliphatic heterocycles. The van der Waals surface area contributed by atoms with Crippen LogP contribution in [0.5, 0.6) is 0 Å². The SMILES string of the molecule is CCC1CCCCN1C(=O)CSc1cc(C)c2ccccc2n1. The predicted molar refractivity (Wildman–Crippen MR) is 96.8 cm³/mol. The molecule has 23 heavy (non-hydrogen) atoms. The van der Waals surface area contributed by atoms with Crippen LogP contribution in [0.1, 0.15) is 38.2 Å². The van der Waals surface area contributed by atoms with Crippen LogP contribution in [0.15, 0.2) is 35.4 Å². The summed E-state index contributed by atoms with van der Waals surface area (Å²) in [7, 11) is 0. The second kappa shape index (κ2) is 7.35. The van der Waals surface area contributed by atoms with Crippen molar-refractivity contribution < 1.29 is 4.79 Å². The van der Waals surface area contributed by atoms with Crippen LogP contribution in [0.3, 0.4) is 0 Å². The van der Waals surface area contributed by atoms with Crippen molar-refractivity contribution in [2.24, 2.45) is 0 Å². The van der Waals surface area contributed by atoms with E-state index in [0.717, 1.165) is 36.3 Å². The van der Waals surface area contributed by atoms with Gasteiger partial charge in [0.15, 0.2) is 0 Å². The van der Waals surface area contributed by atoms with Crippen LogP contribution in [0.2, 0.25) is 0 Å². The first kappa shape index (κ1) is 16.3. The van der Waals surface area contributed by atoms with E-state index in [1.807, 2.05) is 18.2 Å². The molecule has 1 aliphatic rings. The molecule has 1 saturated heterocycles. The lowest BCUT2D eigenvalue weighted by Gasteiger charge is -2.35. The van der Waals surface area contributed by atoms with Crippen LogP contribution in [-0.4, -0.2) is 34.1 Å². The molecule has 1 unspecified atom stereocenters. The molecule has 0 spiro atoms. The maximum Gasteiger partial charge on any atom is 0.233 e.